The van der Waals surface area contributed by atoms with Gasteiger partial charge in [0.25, 0.3) is 0 Å². The lowest BCUT2D eigenvalue weighted by atomic mass is 9.86. The van der Waals surface area contributed by atoms with Crippen LogP contribution in [-0.2, 0) is 14.3 Å². The molecule has 0 spiro atoms. The van der Waals surface area contributed by atoms with E-state index in [1.807, 2.05) is 0 Å². The molecule has 0 aromatic carbocycles. The van der Waals surface area contributed by atoms with E-state index < -0.39 is 17.4 Å². The predicted octanol–water partition coefficient (Wildman–Crippen LogP) is 2.36. The highest BCUT2D eigenvalue weighted by atomic mass is 16.5. The van der Waals surface area contributed by atoms with Gasteiger partial charge < -0.3 is 9.84 Å². The number of carbonyl (C=O) groups excluding carboxylic acids is 1. The summed E-state index contributed by atoms with van der Waals surface area (Å²) in [4.78, 5) is 22.9. The van der Waals surface area contributed by atoms with E-state index in [1.165, 1.54) is 0 Å². The molecule has 4 heteroatoms. The molecule has 0 aromatic rings. The quantitative estimate of drug-likeness (QED) is 0.430. The highest BCUT2D eigenvalue weighted by Crippen LogP contribution is 2.39. The van der Waals surface area contributed by atoms with E-state index in [0.29, 0.717) is 19.4 Å². The van der Waals surface area contributed by atoms with Crippen molar-refractivity contribution in [3.05, 3.63) is 0 Å². The maximum atomic E-state index is 11.8. The largest absolute Gasteiger partial charge is 0.480 e. The van der Waals surface area contributed by atoms with Crippen molar-refractivity contribution in [2.75, 3.05) is 6.61 Å². The number of esters is 1. The van der Waals surface area contributed by atoms with Crippen LogP contribution in [0.5, 0.6) is 0 Å². The third kappa shape index (κ3) is 2.74. The van der Waals surface area contributed by atoms with Crippen molar-refractivity contribution in [3.8, 4) is 0 Å². The Hall–Kier alpha value is -1.06. The van der Waals surface area contributed by atoms with Crippen LogP contribution in [-0.4, -0.2) is 23.7 Å². The molecule has 0 aliphatic heterocycles. The van der Waals surface area contributed by atoms with E-state index in [-0.39, 0.29) is 0 Å². The van der Waals surface area contributed by atoms with Crippen molar-refractivity contribution in [1.82, 2.24) is 0 Å². The Morgan fingerprint density at radius 1 is 1.25 bits per heavy atom. The molecule has 92 valence electrons. The van der Waals surface area contributed by atoms with E-state index in [0.717, 1.165) is 32.1 Å². The second-order valence-electron chi connectivity index (χ2n) is 4.44. The van der Waals surface area contributed by atoms with Gasteiger partial charge in [-0.2, -0.15) is 0 Å². The third-order valence-corrected chi connectivity index (χ3v) is 3.24. The van der Waals surface area contributed by atoms with Crippen molar-refractivity contribution in [2.24, 2.45) is 5.41 Å². The molecule has 1 aliphatic carbocycles. The number of carbonyl (C=O) groups is 2. The summed E-state index contributed by atoms with van der Waals surface area (Å²) in [5.41, 5.74) is -1.24. The van der Waals surface area contributed by atoms with Gasteiger partial charge in [0, 0.05) is 0 Å². The van der Waals surface area contributed by atoms with Crippen LogP contribution in [0.3, 0.4) is 0 Å². The normalized spacial score (nSPS) is 18.3. The Labute approximate surface area is 96.0 Å². The number of carboxylic acid groups (broad SMARTS) is 1. The number of aliphatic carboxylic acids is 1. The number of carboxylic acids is 1. The average molecular weight is 228 g/mol. The summed E-state index contributed by atoms with van der Waals surface area (Å²) in [7, 11) is 0. The van der Waals surface area contributed by atoms with Gasteiger partial charge in [0.2, 0.25) is 0 Å². The first-order valence-electron chi connectivity index (χ1n) is 6.04. The SMILES string of the molecule is CCCCCOC(=O)C1(C(=O)O)CCCC1. The molecule has 0 radical (unpaired) electrons. The Kier molecular flexibility index (Phi) is 4.77. The lowest BCUT2D eigenvalue weighted by Crippen LogP contribution is -2.38. The second kappa shape index (κ2) is 5.87. The van der Waals surface area contributed by atoms with Crippen LogP contribution in [0.25, 0.3) is 0 Å². The van der Waals surface area contributed by atoms with E-state index in [1.54, 1.807) is 0 Å². The highest BCUT2D eigenvalue weighted by molar-refractivity contribution is 5.99. The summed E-state index contributed by atoms with van der Waals surface area (Å²) in [5, 5.41) is 9.14. The van der Waals surface area contributed by atoms with Gasteiger partial charge >= 0.3 is 11.9 Å². The fraction of sp³-hybridized carbons (Fsp3) is 0.833. The zero-order valence-electron chi connectivity index (χ0n) is 9.83. The van der Waals surface area contributed by atoms with Gasteiger partial charge in [0.1, 0.15) is 0 Å². The standard InChI is InChI=1S/C12H20O4/c1-2-3-6-9-16-11(15)12(10(13)14)7-4-5-8-12/h2-9H2,1H3,(H,13,14). The molecule has 1 saturated carbocycles. The Morgan fingerprint density at radius 2 is 1.88 bits per heavy atom. The van der Waals surface area contributed by atoms with Gasteiger partial charge in [-0.15, -0.1) is 0 Å². The topological polar surface area (TPSA) is 63.6 Å². The lowest BCUT2D eigenvalue weighted by Gasteiger charge is -2.21. The first kappa shape index (κ1) is 13.0. The molecule has 0 atom stereocenters. The summed E-state index contributed by atoms with van der Waals surface area (Å²) in [5.74, 6) is -1.56. The fourth-order valence-corrected chi connectivity index (χ4v) is 2.14. The summed E-state index contributed by atoms with van der Waals surface area (Å²) in [6.07, 6.45) is 5.34. The number of hydrogen-bond acceptors (Lipinski definition) is 3. The maximum Gasteiger partial charge on any atom is 0.323 e. The minimum Gasteiger partial charge on any atom is -0.480 e. The number of rotatable bonds is 6. The second-order valence-corrected chi connectivity index (χ2v) is 4.44. The number of hydrogen-bond donors (Lipinski definition) is 1. The zero-order chi connectivity index (χ0) is 12.0. The van der Waals surface area contributed by atoms with Crippen LogP contribution in [0, 0.1) is 5.41 Å². The van der Waals surface area contributed by atoms with Crippen molar-refractivity contribution in [3.63, 3.8) is 0 Å². The zero-order valence-corrected chi connectivity index (χ0v) is 9.83. The van der Waals surface area contributed by atoms with Crippen molar-refractivity contribution in [1.29, 1.82) is 0 Å². The van der Waals surface area contributed by atoms with Crippen LogP contribution >= 0.6 is 0 Å². The smallest absolute Gasteiger partial charge is 0.323 e. The lowest BCUT2D eigenvalue weighted by molar-refractivity contribution is -0.168. The van der Waals surface area contributed by atoms with Crippen molar-refractivity contribution in [2.45, 2.75) is 51.9 Å². The molecule has 0 saturated heterocycles. The third-order valence-electron chi connectivity index (χ3n) is 3.24. The molecular formula is C12H20O4. The minimum atomic E-state index is -1.24. The Morgan fingerprint density at radius 3 is 2.38 bits per heavy atom. The van der Waals surface area contributed by atoms with Gasteiger partial charge in [0.15, 0.2) is 5.41 Å². The highest BCUT2D eigenvalue weighted by Gasteiger charge is 2.49. The van der Waals surface area contributed by atoms with Gasteiger partial charge in [0.05, 0.1) is 6.61 Å². The van der Waals surface area contributed by atoms with E-state index in [2.05, 4.69) is 6.92 Å². The van der Waals surface area contributed by atoms with Crippen LogP contribution in [0.2, 0.25) is 0 Å². The molecule has 1 rings (SSSR count). The summed E-state index contributed by atoms with van der Waals surface area (Å²) in [6, 6.07) is 0. The van der Waals surface area contributed by atoms with Crippen molar-refractivity contribution < 1.29 is 19.4 Å². The monoisotopic (exact) mass is 228 g/mol. The van der Waals surface area contributed by atoms with Gasteiger partial charge in [-0.1, -0.05) is 32.6 Å². The Bertz CT molecular complexity index is 254. The average Bonchev–Trinajstić information content (AvgIpc) is 2.74. The van der Waals surface area contributed by atoms with Crippen LogP contribution in [0.1, 0.15) is 51.9 Å². The summed E-state index contributed by atoms with van der Waals surface area (Å²) in [6.45, 7) is 2.42. The fourth-order valence-electron chi connectivity index (χ4n) is 2.14. The Balaban J connectivity index is 2.46. The molecule has 0 amide bonds. The molecule has 1 N–H and O–H groups in total. The van der Waals surface area contributed by atoms with Gasteiger partial charge in [-0.05, 0) is 19.3 Å². The molecule has 0 heterocycles. The van der Waals surface area contributed by atoms with Crippen LogP contribution < -0.4 is 0 Å². The predicted molar refractivity (Wildman–Crippen MR) is 59.0 cm³/mol. The maximum absolute atomic E-state index is 11.8. The van der Waals surface area contributed by atoms with Gasteiger partial charge in [-0.3, -0.25) is 9.59 Å². The molecule has 4 nitrogen and oxygen atoms in total. The molecule has 1 fully saturated rings. The number of ether oxygens (including phenoxy) is 1. The first-order valence-corrected chi connectivity index (χ1v) is 6.04. The molecule has 0 bridgehead atoms. The van der Waals surface area contributed by atoms with Crippen LogP contribution in [0.15, 0.2) is 0 Å². The molecule has 0 aromatic heterocycles. The van der Waals surface area contributed by atoms with Crippen LogP contribution in [0.4, 0.5) is 0 Å². The molecular weight excluding hydrogens is 208 g/mol. The van der Waals surface area contributed by atoms with Gasteiger partial charge in [-0.25, -0.2) is 0 Å². The van der Waals surface area contributed by atoms with E-state index in [4.69, 9.17) is 9.84 Å². The molecule has 16 heavy (non-hydrogen) atoms. The summed E-state index contributed by atoms with van der Waals surface area (Å²) < 4.78 is 5.07. The minimum absolute atomic E-state index is 0.349. The summed E-state index contributed by atoms with van der Waals surface area (Å²) >= 11 is 0. The van der Waals surface area contributed by atoms with E-state index in [9.17, 15) is 9.59 Å². The molecule has 0 unspecified atom stereocenters. The van der Waals surface area contributed by atoms with Crippen molar-refractivity contribution >= 4 is 11.9 Å². The first-order chi connectivity index (χ1) is 7.63. The molecule has 1 aliphatic rings. The van der Waals surface area contributed by atoms with E-state index >= 15 is 0 Å². The number of unbranched alkanes of at least 4 members (excludes halogenated alkanes) is 2.